The lowest BCUT2D eigenvalue weighted by molar-refractivity contribution is 0.0227. The van der Waals surface area contributed by atoms with Crippen LogP contribution in [0.25, 0.3) is 11.1 Å². The molecule has 4 nitrogen and oxygen atoms in total. The Kier molecular flexibility index (Phi) is 5.39. The van der Waals surface area contributed by atoms with Crippen LogP contribution in [-0.4, -0.2) is 17.0 Å². The summed E-state index contributed by atoms with van der Waals surface area (Å²) < 4.78 is 6.79. The number of allylic oxidation sites excluding steroid dienone is 2. The first-order valence-corrected chi connectivity index (χ1v) is 16.1. The number of anilines is 2. The van der Waals surface area contributed by atoms with Crippen LogP contribution >= 0.6 is 0 Å². The number of fused-ring (bicyclic) bond motifs is 10. The average Bonchev–Trinajstić information content (AvgIpc) is 3.07. The fraction of sp³-hybridized carbons (Fsp3) is 0.410. The molecule has 8 rings (SSSR count). The summed E-state index contributed by atoms with van der Waals surface area (Å²) in [6, 6.07) is 17.7. The molecule has 1 saturated carbocycles. The molecule has 0 bridgehead atoms. The highest BCUT2D eigenvalue weighted by molar-refractivity contribution is 5.98. The summed E-state index contributed by atoms with van der Waals surface area (Å²) in [5.41, 5.74) is 12.4. The van der Waals surface area contributed by atoms with Crippen LogP contribution in [-0.2, 0) is 15.8 Å². The number of carbonyl (C=O) groups excluding carboxylic acids is 1. The molecule has 0 radical (unpaired) electrons. The molecule has 43 heavy (non-hydrogen) atoms. The van der Waals surface area contributed by atoms with Crippen LogP contribution in [0.1, 0.15) is 129 Å². The van der Waals surface area contributed by atoms with Gasteiger partial charge in [-0.05, 0) is 107 Å². The number of carbonyl (C=O) groups is 1. The average molecular weight is 571 g/mol. The van der Waals surface area contributed by atoms with Gasteiger partial charge in [0.05, 0.1) is 16.6 Å². The van der Waals surface area contributed by atoms with Gasteiger partial charge in [-0.2, -0.15) is 0 Å². The molecule has 4 heteroatoms. The van der Waals surface area contributed by atoms with E-state index in [1.165, 1.54) is 70.5 Å². The number of ether oxygens (including phenoxy) is 1. The van der Waals surface area contributed by atoms with Crippen molar-refractivity contribution >= 4 is 28.5 Å². The molecule has 2 N–H and O–H groups in total. The third kappa shape index (κ3) is 3.65. The van der Waals surface area contributed by atoms with Gasteiger partial charge in [0.25, 0.3) is 0 Å². The van der Waals surface area contributed by atoms with Crippen molar-refractivity contribution in [2.45, 2.75) is 102 Å². The third-order valence-electron chi connectivity index (χ3n) is 10.8. The van der Waals surface area contributed by atoms with Crippen molar-refractivity contribution in [1.82, 2.24) is 0 Å². The molecule has 0 aromatic heterocycles. The number of hydrogen-bond acceptors (Lipinski definition) is 4. The Morgan fingerprint density at radius 1 is 0.628 bits per heavy atom. The molecule has 2 spiro atoms. The van der Waals surface area contributed by atoms with Crippen LogP contribution in [0.15, 0.2) is 60.7 Å². The quantitative estimate of drug-likeness (QED) is 0.265. The van der Waals surface area contributed by atoms with Crippen LogP contribution in [0.4, 0.5) is 11.4 Å². The van der Waals surface area contributed by atoms with Crippen molar-refractivity contribution in [3.8, 4) is 0 Å². The van der Waals surface area contributed by atoms with E-state index in [2.05, 4.69) is 101 Å². The first kappa shape index (κ1) is 26.8. The van der Waals surface area contributed by atoms with Crippen LogP contribution in [0.5, 0.6) is 0 Å². The zero-order chi connectivity index (χ0) is 29.9. The summed E-state index contributed by atoms with van der Waals surface area (Å²) in [5.74, 6) is -0.238. The van der Waals surface area contributed by atoms with Crippen molar-refractivity contribution in [2.75, 3.05) is 10.6 Å². The lowest BCUT2D eigenvalue weighted by atomic mass is 9.56. The molecule has 1 fully saturated rings. The number of hydrogen-bond donors (Lipinski definition) is 2. The third-order valence-corrected chi connectivity index (χ3v) is 10.8. The Morgan fingerprint density at radius 3 is 1.67 bits per heavy atom. The van der Waals surface area contributed by atoms with Crippen LogP contribution < -0.4 is 10.6 Å². The summed E-state index contributed by atoms with van der Waals surface area (Å²) in [7, 11) is 0. The molecular formula is C39H42N2O2. The van der Waals surface area contributed by atoms with Gasteiger partial charge in [-0.25, -0.2) is 4.79 Å². The van der Waals surface area contributed by atoms with E-state index in [9.17, 15) is 4.79 Å². The van der Waals surface area contributed by atoms with Crippen molar-refractivity contribution < 1.29 is 9.53 Å². The highest BCUT2D eigenvalue weighted by Crippen LogP contribution is 2.62. The molecule has 0 amide bonds. The SMILES string of the molecule is CC1=CC(C)(C)Nc2cc3c(cc21)C1(OC(=O)c2ccccc21)c1cc2c(cc1C31CCCCCC1)NC(C)(C)C=C2C. The van der Waals surface area contributed by atoms with E-state index in [0.29, 0.717) is 5.56 Å². The van der Waals surface area contributed by atoms with E-state index in [1.54, 1.807) is 0 Å². The molecule has 5 aliphatic rings. The first-order chi connectivity index (χ1) is 20.4. The maximum atomic E-state index is 13.8. The molecule has 3 heterocycles. The maximum Gasteiger partial charge on any atom is 0.340 e. The van der Waals surface area contributed by atoms with Gasteiger partial charge in [-0.1, -0.05) is 56.0 Å². The molecule has 2 aliphatic carbocycles. The minimum Gasteiger partial charge on any atom is -0.441 e. The molecule has 3 aliphatic heterocycles. The van der Waals surface area contributed by atoms with Gasteiger partial charge in [-0.15, -0.1) is 0 Å². The zero-order valence-corrected chi connectivity index (χ0v) is 26.3. The number of nitrogens with one attached hydrogen (secondary N) is 2. The summed E-state index contributed by atoms with van der Waals surface area (Å²) >= 11 is 0. The Labute approximate surface area is 255 Å². The minimum absolute atomic E-state index is 0.142. The molecule has 0 unspecified atom stereocenters. The topological polar surface area (TPSA) is 50.4 Å². The standard InChI is InChI=1S/C39H42N2O2/c1-23-21-36(3,4)40-33-19-29-31(17-26(23)33)39(28-14-10-9-13-25(28)35(42)43-39)32-18-27-24(2)22-37(5,6)41-34(27)20-30(32)38(29)15-11-7-8-12-16-38/h9-10,13-14,17-22,40-41H,7-8,11-12,15-16H2,1-6H3. The molecule has 3 aromatic rings. The fourth-order valence-electron chi connectivity index (χ4n) is 9.22. The fourth-order valence-corrected chi connectivity index (χ4v) is 9.22. The Hall–Kier alpha value is -3.79. The minimum atomic E-state index is -1.000. The normalized spacial score (nSPS) is 22.8. The van der Waals surface area contributed by atoms with Gasteiger partial charge in [0, 0.05) is 44.6 Å². The smallest absolute Gasteiger partial charge is 0.340 e. The van der Waals surface area contributed by atoms with Gasteiger partial charge >= 0.3 is 5.97 Å². The van der Waals surface area contributed by atoms with Gasteiger partial charge in [0.15, 0.2) is 5.60 Å². The lowest BCUT2D eigenvalue weighted by Crippen LogP contribution is -2.45. The number of benzene rings is 3. The molecular weight excluding hydrogens is 528 g/mol. The Bertz CT molecular complexity index is 1700. The van der Waals surface area contributed by atoms with E-state index < -0.39 is 5.60 Å². The van der Waals surface area contributed by atoms with Crippen LogP contribution in [0.2, 0.25) is 0 Å². The largest absolute Gasteiger partial charge is 0.441 e. The predicted molar refractivity (Wildman–Crippen MR) is 176 cm³/mol. The highest BCUT2D eigenvalue weighted by Gasteiger charge is 2.58. The van der Waals surface area contributed by atoms with E-state index in [4.69, 9.17) is 4.74 Å². The van der Waals surface area contributed by atoms with E-state index in [0.717, 1.165) is 29.5 Å². The van der Waals surface area contributed by atoms with Gasteiger partial charge in [-0.3, -0.25) is 0 Å². The van der Waals surface area contributed by atoms with Crippen LogP contribution in [0.3, 0.4) is 0 Å². The summed E-state index contributed by atoms with van der Waals surface area (Å²) in [6.07, 6.45) is 11.7. The molecule has 3 aromatic carbocycles. The molecule has 0 atom stereocenters. The second kappa shape index (κ2) is 8.65. The van der Waals surface area contributed by atoms with Gasteiger partial charge in [0.1, 0.15) is 0 Å². The van der Waals surface area contributed by atoms with Crippen molar-refractivity contribution in [1.29, 1.82) is 0 Å². The van der Waals surface area contributed by atoms with E-state index in [1.807, 2.05) is 12.1 Å². The summed E-state index contributed by atoms with van der Waals surface area (Å²) in [5, 5.41) is 7.70. The van der Waals surface area contributed by atoms with Gasteiger partial charge < -0.3 is 15.4 Å². The first-order valence-electron chi connectivity index (χ1n) is 16.1. The van der Waals surface area contributed by atoms with Crippen molar-refractivity contribution in [3.63, 3.8) is 0 Å². The van der Waals surface area contributed by atoms with Gasteiger partial charge in [0.2, 0.25) is 0 Å². The second-order valence-electron chi connectivity index (χ2n) is 14.8. The lowest BCUT2D eigenvalue weighted by Gasteiger charge is -2.49. The molecule has 0 saturated heterocycles. The maximum absolute atomic E-state index is 13.8. The zero-order valence-electron chi connectivity index (χ0n) is 26.3. The van der Waals surface area contributed by atoms with Crippen LogP contribution in [0, 0.1) is 0 Å². The summed E-state index contributed by atoms with van der Waals surface area (Å²) in [4.78, 5) is 13.8. The second-order valence-corrected chi connectivity index (χ2v) is 14.8. The van der Waals surface area contributed by atoms with Crippen molar-refractivity contribution in [3.05, 3.63) is 105 Å². The predicted octanol–water partition coefficient (Wildman–Crippen LogP) is 9.32. The van der Waals surface area contributed by atoms with E-state index >= 15 is 0 Å². The molecule has 220 valence electrons. The summed E-state index contributed by atoms with van der Waals surface area (Å²) in [6.45, 7) is 13.4. The highest BCUT2D eigenvalue weighted by atomic mass is 16.6. The number of esters is 1. The van der Waals surface area contributed by atoms with Crippen molar-refractivity contribution in [2.24, 2.45) is 0 Å². The Morgan fingerprint density at radius 2 is 1.14 bits per heavy atom. The Balaban J connectivity index is 1.52. The monoisotopic (exact) mass is 570 g/mol. The van der Waals surface area contributed by atoms with E-state index in [-0.39, 0.29) is 22.5 Å². The number of rotatable bonds is 0.